The first-order valence-corrected chi connectivity index (χ1v) is 8.45. The highest BCUT2D eigenvalue weighted by Gasteiger charge is 2.36. The number of benzene rings is 1. The van der Waals surface area contributed by atoms with Crippen LogP contribution in [0.5, 0.6) is 11.6 Å². The first kappa shape index (κ1) is 17.7. The number of aromatic nitrogens is 1. The Balaban J connectivity index is 1.70. The molecular formula is C19H21N3O4. The Kier molecular flexibility index (Phi) is 5.36. The van der Waals surface area contributed by atoms with Crippen molar-refractivity contribution < 1.29 is 19.1 Å². The number of ether oxygens (including phenoxy) is 2. The highest BCUT2D eigenvalue weighted by Crippen LogP contribution is 2.33. The van der Waals surface area contributed by atoms with Crippen molar-refractivity contribution in [2.75, 3.05) is 30.5 Å². The number of carbonyl (C=O) groups excluding carboxylic acids is 2. The summed E-state index contributed by atoms with van der Waals surface area (Å²) in [7, 11) is 1.53. The summed E-state index contributed by atoms with van der Waals surface area (Å²) in [6.45, 7) is 2.72. The standard InChI is InChI=1S/C19H21N3O4/c1-3-26-16-7-5-4-6-15(16)22-12-13(10-18(22)23)19(24)21-14-8-9-17(25-2)20-11-14/h4-9,11,13H,3,10,12H2,1-2H3,(H,21,24). The first-order chi connectivity index (χ1) is 12.6. The molecule has 0 spiro atoms. The fourth-order valence-electron chi connectivity index (χ4n) is 2.89. The Hall–Kier alpha value is -3.09. The predicted octanol–water partition coefficient (Wildman–Crippen LogP) is 2.48. The number of pyridine rings is 1. The molecule has 136 valence electrons. The van der Waals surface area contributed by atoms with Crippen molar-refractivity contribution in [1.29, 1.82) is 0 Å². The minimum absolute atomic E-state index is 0.0924. The molecular weight excluding hydrogens is 334 g/mol. The number of nitrogens with one attached hydrogen (secondary N) is 1. The number of hydrogen-bond donors (Lipinski definition) is 1. The van der Waals surface area contributed by atoms with Gasteiger partial charge < -0.3 is 19.7 Å². The number of rotatable bonds is 6. The monoisotopic (exact) mass is 355 g/mol. The third-order valence-electron chi connectivity index (χ3n) is 4.16. The quantitative estimate of drug-likeness (QED) is 0.861. The lowest BCUT2D eigenvalue weighted by Gasteiger charge is -2.20. The first-order valence-electron chi connectivity index (χ1n) is 8.45. The average Bonchev–Trinajstić information content (AvgIpc) is 3.05. The minimum atomic E-state index is -0.431. The molecule has 1 aliphatic heterocycles. The summed E-state index contributed by atoms with van der Waals surface area (Å²) in [4.78, 5) is 30.6. The number of methoxy groups -OCH3 is 1. The number of carbonyl (C=O) groups is 2. The molecule has 3 rings (SSSR count). The normalized spacial score (nSPS) is 16.5. The Morgan fingerprint density at radius 2 is 2.12 bits per heavy atom. The highest BCUT2D eigenvalue weighted by molar-refractivity contribution is 6.04. The number of amides is 2. The molecule has 0 aliphatic carbocycles. The molecule has 0 radical (unpaired) electrons. The van der Waals surface area contributed by atoms with Crippen LogP contribution in [0, 0.1) is 5.92 Å². The van der Waals surface area contributed by atoms with Crippen LogP contribution in [0.3, 0.4) is 0 Å². The van der Waals surface area contributed by atoms with Gasteiger partial charge in [-0.05, 0) is 25.1 Å². The number of nitrogens with zero attached hydrogens (tertiary/aromatic N) is 2. The van der Waals surface area contributed by atoms with Gasteiger partial charge in [0.25, 0.3) is 0 Å². The van der Waals surface area contributed by atoms with Crippen LogP contribution in [0.25, 0.3) is 0 Å². The van der Waals surface area contributed by atoms with Gasteiger partial charge in [0.15, 0.2) is 0 Å². The second kappa shape index (κ2) is 7.86. The lowest BCUT2D eigenvalue weighted by atomic mass is 10.1. The topological polar surface area (TPSA) is 80.8 Å². The van der Waals surface area contributed by atoms with Gasteiger partial charge in [-0.1, -0.05) is 12.1 Å². The van der Waals surface area contributed by atoms with Crippen molar-refractivity contribution in [2.24, 2.45) is 5.92 Å². The van der Waals surface area contributed by atoms with Gasteiger partial charge in [-0.15, -0.1) is 0 Å². The van der Waals surface area contributed by atoms with E-state index in [0.717, 1.165) is 0 Å². The molecule has 0 saturated carbocycles. The van der Waals surface area contributed by atoms with Gasteiger partial charge in [-0.3, -0.25) is 9.59 Å². The number of hydrogen-bond acceptors (Lipinski definition) is 5. The van der Waals surface area contributed by atoms with E-state index in [0.29, 0.717) is 36.2 Å². The predicted molar refractivity (Wildman–Crippen MR) is 97.5 cm³/mol. The lowest BCUT2D eigenvalue weighted by molar-refractivity contribution is -0.122. The second-order valence-electron chi connectivity index (χ2n) is 5.88. The lowest BCUT2D eigenvalue weighted by Crippen LogP contribution is -2.28. The Morgan fingerprint density at radius 3 is 2.81 bits per heavy atom. The fourth-order valence-corrected chi connectivity index (χ4v) is 2.89. The van der Waals surface area contributed by atoms with Crippen LogP contribution in [-0.4, -0.2) is 37.1 Å². The SMILES string of the molecule is CCOc1ccccc1N1CC(C(=O)Nc2ccc(OC)nc2)CC1=O. The van der Waals surface area contributed by atoms with Gasteiger partial charge in [0, 0.05) is 19.0 Å². The molecule has 2 aromatic rings. The molecule has 1 N–H and O–H groups in total. The molecule has 1 saturated heterocycles. The van der Waals surface area contributed by atoms with Crippen LogP contribution in [0.2, 0.25) is 0 Å². The molecule has 7 nitrogen and oxygen atoms in total. The van der Waals surface area contributed by atoms with Crippen LogP contribution in [0.4, 0.5) is 11.4 Å². The highest BCUT2D eigenvalue weighted by atomic mass is 16.5. The molecule has 1 aliphatic rings. The van der Waals surface area contributed by atoms with E-state index in [9.17, 15) is 9.59 Å². The summed E-state index contributed by atoms with van der Waals surface area (Å²) in [6.07, 6.45) is 1.69. The van der Waals surface area contributed by atoms with Crippen molar-refractivity contribution in [3.63, 3.8) is 0 Å². The van der Waals surface area contributed by atoms with E-state index >= 15 is 0 Å². The maximum absolute atomic E-state index is 12.5. The zero-order valence-electron chi connectivity index (χ0n) is 14.8. The molecule has 1 aromatic heterocycles. The molecule has 26 heavy (non-hydrogen) atoms. The van der Waals surface area contributed by atoms with E-state index in [-0.39, 0.29) is 18.2 Å². The Morgan fingerprint density at radius 1 is 1.31 bits per heavy atom. The van der Waals surface area contributed by atoms with Crippen molar-refractivity contribution in [1.82, 2.24) is 4.98 Å². The zero-order valence-corrected chi connectivity index (χ0v) is 14.8. The van der Waals surface area contributed by atoms with E-state index in [4.69, 9.17) is 9.47 Å². The molecule has 0 bridgehead atoms. The fraction of sp³-hybridized carbons (Fsp3) is 0.316. The van der Waals surface area contributed by atoms with Gasteiger partial charge in [0.1, 0.15) is 5.75 Å². The average molecular weight is 355 g/mol. The number of para-hydroxylation sites is 2. The summed E-state index contributed by atoms with van der Waals surface area (Å²) in [6, 6.07) is 10.7. The Bertz CT molecular complexity index is 792. The van der Waals surface area contributed by atoms with E-state index in [1.807, 2.05) is 31.2 Å². The summed E-state index contributed by atoms with van der Waals surface area (Å²) in [5, 5.41) is 2.80. The summed E-state index contributed by atoms with van der Waals surface area (Å²) >= 11 is 0. The van der Waals surface area contributed by atoms with Crippen LogP contribution in [0.1, 0.15) is 13.3 Å². The largest absolute Gasteiger partial charge is 0.492 e. The van der Waals surface area contributed by atoms with Crippen molar-refractivity contribution in [3.8, 4) is 11.6 Å². The van der Waals surface area contributed by atoms with Gasteiger partial charge >= 0.3 is 0 Å². The van der Waals surface area contributed by atoms with E-state index in [2.05, 4.69) is 10.3 Å². The molecule has 1 atom stereocenters. The van der Waals surface area contributed by atoms with Crippen LogP contribution >= 0.6 is 0 Å². The zero-order chi connectivity index (χ0) is 18.5. The van der Waals surface area contributed by atoms with Crippen LogP contribution in [-0.2, 0) is 9.59 Å². The van der Waals surface area contributed by atoms with Crippen LogP contribution < -0.4 is 19.7 Å². The van der Waals surface area contributed by atoms with E-state index in [1.54, 1.807) is 17.0 Å². The summed E-state index contributed by atoms with van der Waals surface area (Å²) in [5.41, 5.74) is 1.26. The molecule has 1 aromatic carbocycles. The molecule has 1 fully saturated rings. The van der Waals surface area contributed by atoms with Gasteiger partial charge in [-0.2, -0.15) is 0 Å². The van der Waals surface area contributed by atoms with Crippen molar-refractivity contribution >= 4 is 23.2 Å². The second-order valence-corrected chi connectivity index (χ2v) is 5.88. The van der Waals surface area contributed by atoms with Crippen molar-refractivity contribution in [3.05, 3.63) is 42.6 Å². The maximum Gasteiger partial charge on any atom is 0.229 e. The third-order valence-corrected chi connectivity index (χ3v) is 4.16. The van der Waals surface area contributed by atoms with E-state index < -0.39 is 5.92 Å². The summed E-state index contributed by atoms with van der Waals surface area (Å²) < 4.78 is 10.6. The maximum atomic E-state index is 12.5. The molecule has 2 heterocycles. The van der Waals surface area contributed by atoms with Crippen molar-refractivity contribution in [2.45, 2.75) is 13.3 Å². The van der Waals surface area contributed by atoms with Crippen LogP contribution in [0.15, 0.2) is 42.6 Å². The molecule has 1 unspecified atom stereocenters. The molecule has 7 heteroatoms. The smallest absolute Gasteiger partial charge is 0.229 e. The molecule has 2 amide bonds. The van der Waals surface area contributed by atoms with E-state index in [1.165, 1.54) is 13.3 Å². The van der Waals surface area contributed by atoms with Gasteiger partial charge in [0.05, 0.1) is 37.2 Å². The minimum Gasteiger partial charge on any atom is -0.492 e. The summed E-state index contributed by atoms with van der Waals surface area (Å²) in [5.74, 6) is 0.382. The Labute approximate surface area is 151 Å². The van der Waals surface area contributed by atoms with Gasteiger partial charge in [0.2, 0.25) is 17.7 Å². The number of anilines is 2. The third kappa shape index (κ3) is 3.77. The van der Waals surface area contributed by atoms with Gasteiger partial charge in [-0.25, -0.2) is 4.98 Å².